The van der Waals surface area contributed by atoms with E-state index >= 15 is 0 Å². The summed E-state index contributed by atoms with van der Waals surface area (Å²) in [5.74, 6) is 0.0128. The van der Waals surface area contributed by atoms with E-state index in [1.54, 1.807) is 0 Å². The second kappa shape index (κ2) is 6.20. The van der Waals surface area contributed by atoms with Crippen LogP contribution in [0, 0.1) is 0 Å². The molecular formula is C16H23NO2. The minimum absolute atomic E-state index is 0.0454. The van der Waals surface area contributed by atoms with Crippen LogP contribution in [0.25, 0.3) is 0 Å². The van der Waals surface area contributed by atoms with E-state index < -0.39 is 0 Å². The van der Waals surface area contributed by atoms with Crippen molar-refractivity contribution < 1.29 is 9.90 Å². The van der Waals surface area contributed by atoms with E-state index in [1.807, 2.05) is 24.0 Å². The maximum Gasteiger partial charge on any atom is 0.230 e. The van der Waals surface area contributed by atoms with Crippen LogP contribution in [0.15, 0.2) is 24.3 Å². The molecule has 1 aromatic rings. The van der Waals surface area contributed by atoms with Crippen molar-refractivity contribution in [1.82, 2.24) is 4.90 Å². The van der Waals surface area contributed by atoms with Crippen LogP contribution in [-0.2, 0) is 11.2 Å². The van der Waals surface area contributed by atoms with Crippen LogP contribution in [0.1, 0.15) is 43.7 Å². The summed E-state index contributed by atoms with van der Waals surface area (Å²) in [5, 5.41) is 9.09. The summed E-state index contributed by atoms with van der Waals surface area (Å²) in [5.41, 5.74) is 2.35. The highest BCUT2D eigenvalue weighted by Gasteiger charge is 2.34. The van der Waals surface area contributed by atoms with Crippen molar-refractivity contribution in [1.29, 1.82) is 0 Å². The highest BCUT2D eigenvalue weighted by molar-refractivity contribution is 5.83. The second-order valence-electron chi connectivity index (χ2n) is 5.30. The molecule has 1 unspecified atom stereocenters. The first-order valence-electron chi connectivity index (χ1n) is 7.17. The van der Waals surface area contributed by atoms with Crippen LogP contribution in [0.2, 0.25) is 0 Å². The number of hydrogen-bond donors (Lipinski definition) is 1. The number of carbonyl (C=O) groups is 1. The standard InChI is InChI=1S/C16H23NO2/c1-3-13-4-6-14(7-5-13)12(2)16(19)17(10-11-18)15-8-9-15/h4-7,12,15,18H,3,8-11H2,1-2H3. The molecule has 1 saturated carbocycles. The molecule has 3 heteroatoms. The Balaban J connectivity index is 2.07. The lowest BCUT2D eigenvalue weighted by Crippen LogP contribution is -2.38. The average molecular weight is 261 g/mol. The van der Waals surface area contributed by atoms with Crippen molar-refractivity contribution >= 4 is 5.91 Å². The Kier molecular flexibility index (Phi) is 4.59. The van der Waals surface area contributed by atoms with Crippen molar-refractivity contribution in [3.05, 3.63) is 35.4 Å². The molecule has 0 bridgehead atoms. The third-order valence-corrected chi connectivity index (χ3v) is 3.87. The fourth-order valence-corrected chi connectivity index (χ4v) is 2.40. The summed E-state index contributed by atoms with van der Waals surface area (Å²) in [6.45, 7) is 4.58. The van der Waals surface area contributed by atoms with E-state index in [4.69, 9.17) is 5.11 Å². The summed E-state index contributed by atoms with van der Waals surface area (Å²) in [7, 11) is 0. The molecule has 0 aromatic heterocycles. The number of aliphatic hydroxyl groups is 1. The van der Waals surface area contributed by atoms with Crippen molar-refractivity contribution in [3.63, 3.8) is 0 Å². The molecule has 0 radical (unpaired) electrons. The van der Waals surface area contributed by atoms with Gasteiger partial charge in [-0.25, -0.2) is 0 Å². The van der Waals surface area contributed by atoms with Crippen LogP contribution in [0.5, 0.6) is 0 Å². The Bertz CT molecular complexity index is 423. The van der Waals surface area contributed by atoms with Crippen LogP contribution < -0.4 is 0 Å². The summed E-state index contributed by atoms with van der Waals surface area (Å²) in [6, 6.07) is 8.63. The number of benzene rings is 1. The molecule has 3 nitrogen and oxygen atoms in total. The van der Waals surface area contributed by atoms with Crippen LogP contribution in [-0.4, -0.2) is 35.1 Å². The third-order valence-electron chi connectivity index (χ3n) is 3.87. The van der Waals surface area contributed by atoms with Crippen LogP contribution in [0.3, 0.4) is 0 Å². The largest absolute Gasteiger partial charge is 0.395 e. The maximum absolute atomic E-state index is 12.5. The zero-order chi connectivity index (χ0) is 13.8. The minimum Gasteiger partial charge on any atom is -0.395 e. The fraction of sp³-hybridized carbons (Fsp3) is 0.562. The summed E-state index contributed by atoms with van der Waals surface area (Å²) in [6.07, 6.45) is 3.17. The summed E-state index contributed by atoms with van der Waals surface area (Å²) < 4.78 is 0. The molecule has 0 spiro atoms. The molecule has 1 aromatic carbocycles. The van der Waals surface area contributed by atoms with Gasteiger partial charge in [0.2, 0.25) is 5.91 Å². The summed E-state index contributed by atoms with van der Waals surface area (Å²) in [4.78, 5) is 14.3. The lowest BCUT2D eigenvalue weighted by atomic mass is 9.98. The number of rotatable bonds is 6. The van der Waals surface area contributed by atoms with Crippen molar-refractivity contribution in [2.24, 2.45) is 0 Å². The van der Waals surface area contributed by atoms with Gasteiger partial charge >= 0.3 is 0 Å². The van der Waals surface area contributed by atoms with Gasteiger partial charge < -0.3 is 10.0 Å². The molecule has 0 saturated heterocycles. The smallest absolute Gasteiger partial charge is 0.230 e. The van der Waals surface area contributed by atoms with Gasteiger partial charge in [0.25, 0.3) is 0 Å². The van der Waals surface area contributed by atoms with Gasteiger partial charge in [-0.15, -0.1) is 0 Å². The molecule has 104 valence electrons. The Hall–Kier alpha value is -1.35. The Morgan fingerprint density at radius 3 is 2.47 bits per heavy atom. The number of carbonyl (C=O) groups excluding carboxylic acids is 1. The zero-order valence-electron chi connectivity index (χ0n) is 11.8. The Morgan fingerprint density at radius 1 is 1.37 bits per heavy atom. The first-order chi connectivity index (χ1) is 9.17. The van der Waals surface area contributed by atoms with Gasteiger partial charge in [0, 0.05) is 12.6 Å². The van der Waals surface area contributed by atoms with E-state index in [0.717, 1.165) is 24.8 Å². The molecule has 1 aliphatic rings. The molecular weight excluding hydrogens is 238 g/mol. The van der Waals surface area contributed by atoms with Gasteiger partial charge in [-0.2, -0.15) is 0 Å². The molecule has 1 amide bonds. The van der Waals surface area contributed by atoms with E-state index in [9.17, 15) is 4.79 Å². The molecule has 19 heavy (non-hydrogen) atoms. The topological polar surface area (TPSA) is 40.5 Å². The molecule has 2 rings (SSSR count). The van der Waals surface area contributed by atoms with Gasteiger partial charge in [0.15, 0.2) is 0 Å². The van der Waals surface area contributed by atoms with E-state index in [0.29, 0.717) is 12.6 Å². The fourth-order valence-electron chi connectivity index (χ4n) is 2.40. The van der Waals surface area contributed by atoms with Gasteiger partial charge in [-0.05, 0) is 37.3 Å². The van der Waals surface area contributed by atoms with Gasteiger partial charge in [0.05, 0.1) is 12.5 Å². The second-order valence-corrected chi connectivity index (χ2v) is 5.30. The summed E-state index contributed by atoms with van der Waals surface area (Å²) >= 11 is 0. The number of amides is 1. The average Bonchev–Trinajstić information content (AvgIpc) is 3.28. The van der Waals surface area contributed by atoms with Crippen LogP contribution >= 0.6 is 0 Å². The number of aryl methyl sites for hydroxylation is 1. The predicted octanol–water partition coefficient (Wildman–Crippen LogP) is 2.34. The lowest BCUT2D eigenvalue weighted by Gasteiger charge is -2.25. The first-order valence-corrected chi connectivity index (χ1v) is 7.17. The Morgan fingerprint density at radius 2 is 2.00 bits per heavy atom. The molecule has 0 aliphatic heterocycles. The number of hydrogen-bond acceptors (Lipinski definition) is 2. The highest BCUT2D eigenvalue weighted by Crippen LogP contribution is 2.30. The van der Waals surface area contributed by atoms with Crippen LogP contribution in [0.4, 0.5) is 0 Å². The molecule has 1 atom stereocenters. The zero-order valence-corrected chi connectivity index (χ0v) is 11.8. The first kappa shape index (κ1) is 14.1. The third kappa shape index (κ3) is 3.35. The Labute approximate surface area is 115 Å². The van der Waals surface area contributed by atoms with Gasteiger partial charge in [-0.1, -0.05) is 31.2 Å². The SMILES string of the molecule is CCc1ccc(C(C)C(=O)N(CCO)C2CC2)cc1. The quantitative estimate of drug-likeness (QED) is 0.854. The van der Waals surface area contributed by atoms with Crippen molar-refractivity contribution in [2.75, 3.05) is 13.2 Å². The minimum atomic E-state index is -0.127. The molecule has 0 heterocycles. The van der Waals surface area contributed by atoms with Crippen molar-refractivity contribution in [3.8, 4) is 0 Å². The highest BCUT2D eigenvalue weighted by atomic mass is 16.3. The van der Waals surface area contributed by atoms with E-state index in [1.165, 1.54) is 5.56 Å². The van der Waals surface area contributed by atoms with Crippen molar-refractivity contribution in [2.45, 2.75) is 45.1 Å². The predicted molar refractivity (Wildman–Crippen MR) is 76.1 cm³/mol. The van der Waals surface area contributed by atoms with Gasteiger partial charge in [-0.3, -0.25) is 4.79 Å². The lowest BCUT2D eigenvalue weighted by molar-refractivity contribution is -0.133. The molecule has 1 aliphatic carbocycles. The monoisotopic (exact) mass is 261 g/mol. The van der Waals surface area contributed by atoms with E-state index in [2.05, 4.69) is 19.1 Å². The molecule has 1 N–H and O–H groups in total. The number of aliphatic hydroxyl groups excluding tert-OH is 1. The van der Waals surface area contributed by atoms with E-state index in [-0.39, 0.29) is 18.4 Å². The molecule has 1 fully saturated rings. The van der Waals surface area contributed by atoms with Gasteiger partial charge in [0.1, 0.15) is 0 Å². The normalized spacial score (nSPS) is 16.2. The number of nitrogens with zero attached hydrogens (tertiary/aromatic N) is 1. The maximum atomic E-state index is 12.5.